The standard InChI is InChI=1S/C19H21FN2O6/c1-5-26-16-11-15(28-18(23)21-19(2,3)4)14(20)10-17(16)27-13-8-6-12(7-9-13)22(24)25/h6-11H,5H2,1-4H3,(H,21,23). The molecule has 0 bridgehead atoms. The van der Waals surface area contributed by atoms with Gasteiger partial charge in [-0.1, -0.05) is 0 Å². The van der Waals surface area contributed by atoms with E-state index in [-0.39, 0.29) is 35.3 Å². The number of rotatable bonds is 6. The van der Waals surface area contributed by atoms with Crippen molar-refractivity contribution in [1.29, 1.82) is 0 Å². The molecule has 0 saturated carbocycles. The molecular formula is C19H21FN2O6. The molecule has 0 spiro atoms. The molecule has 0 aliphatic heterocycles. The summed E-state index contributed by atoms with van der Waals surface area (Å²) in [6.45, 7) is 7.27. The first kappa shape index (κ1) is 20.9. The van der Waals surface area contributed by atoms with Crippen molar-refractivity contribution in [3.8, 4) is 23.0 Å². The van der Waals surface area contributed by atoms with Crippen LogP contribution in [0.3, 0.4) is 0 Å². The maximum atomic E-state index is 14.4. The van der Waals surface area contributed by atoms with Crippen LogP contribution in [0.5, 0.6) is 23.0 Å². The van der Waals surface area contributed by atoms with Crippen LogP contribution in [0.25, 0.3) is 0 Å². The summed E-state index contributed by atoms with van der Waals surface area (Å²) in [6, 6.07) is 7.52. The third kappa shape index (κ3) is 5.83. The van der Waals surface area contributed by atoms with Crippen molar-refractivity contribution >= 4 is 11.8 Å². The summed E-state index contributed by atoms with van der Waals surface area (Å²) in [5.74, 6) is -0.701. The molecule has 0 saturated heterocycles. The van der Waals surface area contributed by atoms with Crippen molar-refractivity contribution in [2.45, 2.75) is 33.2 Å². The van der Waals surface area contributed by atoms with E-state index in [1.165, 1.54) is 30.3 Å². The highest BCUT2D eigenvalue weighted by atomic mass is 19.1. The second kappa shape index (κ2) is 8.55. The van der Waals surface area contributed by atoms with E-state index in [4.69, 9.17) is 14.2 Å². The average Bonchev–Trinajstić information content (AvgIpc) is 2.58. The zero-order valence-corrected chi connectivity index (χ0v) is 15.9. The van der Waals surface area contributed by atoms with Gasteiger partial charge in [-0.3, -0.25) is 10.1 Å². The Morgan fingerprint density at radius 2 is 1.79 bits per heavy atom. The summed E-state index contributed by atoms with van der Waals surface area (Å²) in [5, 5.41) is 13.3. The number of halogens is 1. The summed E-state index contributed by atoms with van der Waals surface area (Å²) in [5.41, 5.74) is -0.646. The minimum atomic E-state index is -0.829. The number of non-ortho nitro benzene ring substituents is 1. The number of carbonyl (C=O) groups is 1. The Labute approximate surface area is 161 Å². The van der Waals surface area contributed by atoms with Crippen LogP contribution >= 0.6 is 0 Å². The monoisotopic (exact) mass is 392 g/mol. The van der Waals surface area contributed by atoms with E-state index in [0.717, 1.165) is 6.07 Å². The predicted molar refractivity (Wildman–Crippen MR) is 99.7 cm³/mol. The van der Waals surface area contributed by atoms with E-state index in [1.54, 1.807) is 27.7 Å². The maximum Gasteiger partial charge on any atom is 0.413 e. The molecule has 2 aromatic rings. The summed E-state index contributed by atoms with van der Waals surface area (Å²) < 4.78 is 30.4. The lowest BCUT2D eigenvalue weighted by atomic mass is 10.1. The van der Waals surface area contributed by atoms with Gasteiger partial charge in [0.2, 0.25) is 0 Å². The van der Waals surface area contributed by atoms with Crippen LogP contribution in [0.15, 0.2) is 36.4 Å². The molecule has 2 rings (SSSR count). The lowest BCUT2D eigenvalue weighted by molar-refractivity contribution is -0.384. The van der Waals surface area contributed by atoms with Gasteiger partial charge >= 0.3 is 6.09 Å². The maximum absolute atomic E-state index is 14.4. The third-order valence-corrected chi connectivity index (χ3v) is 3.25. The van der Waals surface area contributed by atoms with Crippen LogP contribution < -0.4 is 19.5 Å². The smallest absolute Gasteiger partial charge is 0.413 e. The zero-order valence-electron chi connectivity index (χ0n) is 15.9. The van der Waals surface area contributed by atoms with E-state index in [0.29, 0.717) is 0 Å². The van der Waals surface area contributed by atoms with Gasteiger partial charge in [0.1, 0.15) is 5.75 Å². The Bertz CT molecular complexity index is 862. The Hall–Kier alpha value is -3.36. The number of nitrogens with one attached hydrogen (secondary N) is 1. The highest BCUT2D eigenvalue weighted by molar-refractivity contribution is 5.71. The van der Waals surface area contributed by atoms with E-state index >= 15 is 0 Å². The summed E-state index contributed by atoms with van der Waals surface area (Å²) in [4.78, 5) is 22.1. The van der Waals surface area contributed by atoms with Crippen molar-refractivity contribution < 1.29 is 28.3 Å². The van der Waals surface area contributed by atoms with Crippen molar-refractivity contribution in [2.24, 2.45) is 0 Å². The van der Waals surface area contributed by atoms with E-state index in [9.17, 15) is 19.3 Å². The molecule has 2 aromatic carbocycles. The summed E-state index contributed by atoms with van der Waals surface area (Å²) >= 11 is 0. The number of amides is 1. The normalized spacial score (nSPS) is 10.9. The molecule has 0 aliphatic carbocycles. The van der Waals surface area contributed by atoms with E-state index < -0.39 is 22.4 Å². The van der Waals surface area contributed by atoms with Gasteiger partial charge in [-0.2, -0.15) is 0 Å². The van der Waals surface area contributed by atoms with Crippen LogP contribution in [-0.4, -0.2) is 23.2 Å². The van der Waals surface area contributed by atoms with E-state index in [1.807, 2.05) is 0 Å². The number of nitro groups is 1. The van der Waals surface area contributed by atoms with Gasteiger partial charge in [-0.25, -0.2) is 9.18 Å². The molecule has 0 fully saturated rings. The molecule has 0 radical (unpaired) electrons. The molecule has 0 aliphatic rings. The quantitative estimate of drug-likeness (QED) is 0.559. The number of nitrogens with zero attached hydrogens (tertiary/aromatic N) is 1. The molecule has 8 nitrogen and oxygen atoms in total. The second-order valence-corrected chi connectivity index (χ2v) is 6.78. The Morgan fingerprint density at radius 3 is 2.32 bits per heavy atom. The first-order valence-electron chi connectivity index (χ1n) is 8.47. The SMILES string of the molecule is CCOc1cc(OC(=O)NC(C)(C)C)c(F)cc1Oc1ccc([N+](=O)[O-])cc1. The second-order valence-electron chi connectivity index (χ2n) is 6.78. The molecule has 0 aromatic heterocycles. The van der Waals surface area contributed by atoms with Crippen LogP contribution in [0.1, 0.15) is 27.7 Å². The third-order valence-electron chi connectivity index (χ3n) is 3.25. The van der Waals surface area contributed by atoms with Crippen LogP contribution in [0, 0.1) is 15.9 Å². The lowest BCUT2D eigenvalue weighted by Crippen LogP contribution is -2.42. The van der Waals surface area contributed by atoms with Crippen molar-refractivity contribution in [2.75, 3.05) is 6.61 Å². The number of benzene rings is 2. The van der Waals surface area contributed by atoms with Crippen LogP contribution in [0.2, 0.25) is 0 Å². The Kier molecular flexibility index (Phi) is 6.40. The van der Waals surface area contributed by atoms with Crippen molar-refractivity contribution in [1.82, 2.24) is 5.32 Å². The average molecular weight is 392 g/mol. The van der Waals surface area contributed by atoms with Crippen LogP contribution in [-0.2, 0) is 0 Å². The molecule has 0 unspecified atom stereocenters. The minimum absolute atomic E-state index is 0.0387. The molecule has 0 atom stereocenters. The number of hydrogen-bond acceptors (Lipinski definition) is 6. The van der Waals surface area contributed by atoms with Crippen molar-refractivity contribution in [3.05, 3.63) is 52.3 Å². The zero-order chi connectivity index (χ0) is 20.9. The molecule has 150 valence electrons. The molecule has 9 heteroatoms. The highest BCUT2D eigenvalue weighted by Gasteiger charge is 2.20. The number of nitro benzene ring substituents is 1. The largest absolute Gasteiger partial charge is 0.490 e. The van der Waals surface area contributed by atoms with Crippen molar-refractivity contribution in [3.63, 3.8) is 0 Å². The Morgan fingerprint density at radius 1 is 1.14 bits per heavy atom. The summed E-state index contributed by atoms with van der Waals surface area (Å²) in [6.07, 6.45) is -0.808. The molecule has 28 heavy (non-hydrogen) atoms. The molecule has 1 N–H and O–H groups in total. The molecule has 0 heterocycles. The van der Waals surface area contributed by atoms with Gasteiger partial charge < -0.3 is 19.5 Å². The topological polar surface area (TPSA) is 99.9 Å². The number of hydrogen-bond donors (Lipinski definition) is 1. The van der Waals surface area contributed by atoms with Gasteiger partial charge in [0.15, 0.2) is 23.1 Å². The van der Waals surface area contributed by atoms with E-state index in [2.05, 4.69) is 5.32 Å². The van der Waals surface area contributed by atoms with Gasteiger partial charge in [-0.05, 0) is 39.8 Å². The summed E-state index contributed by atoms with van der Waals surface area (Å²) in [7, 11) is 0. The minimum Gasteiger partial charge on any atom is -0.490 e. The first-order chi connectivity index (χ1) is 13.1. The van der Waals surface area contributed by atoms with Gasteiger partial charge in [0.25, 0.3) is 5.69 Å². The first-order valence-corrected chi connectivity index (χ1v) is 8.47. The fourth-order valence-electron chi connectivity index (χ4n) is 2.14. The fourth-order valence-corrected chi connectivity index (χ4v) is 2.14. The fraction of sp³-hybridized carbons (Fsp3) is 0.316. The van der Waals surface area contributed by atoms with Gasteiger partial charge in [-0.15, -0.1) is 0 Å². The predicted octanol–water partition coefficient (Wildman–Crippen LogP) is 4.81. The Balaban J connectivity index is 2.26. The lowest BCUT2D eigenvalue weighted by Gasteiger charge is -2.20. The van der Waals surface area contributed by atoms with Gasteiger partial charge in [0.05, 0.1) is 11.5 Å². The number of ether oxygens (including phenoxy) is 3. The number of carbonyl (C=O) groups excluding carboxylic acids is 1. The highest BCUT2D eigenvalue weighted by Crippen LogP contribution is 2.37. The van der Waals surface area contributed by atoms with Crippen LogP contribution in [0.4, 0.5) is 14.9 Å². The molecule has 1 amide bonds. The van der Waals surface area contributed by atoms with Gasteiger partial charge in [0, 0.05) is 29.8 Å². The molecular weight excluding hydrogens is 371 g/mol.